The van der Waals surface area contributed by atoms with Gasteiger partial charge in [0.2, 0.25) is 0 Å². The maximum absolute atomic E-state index is 12.8. The quantitative estimate of drug-likeness (QED) is 0.333. The van der Waals surface area contributed by atoms with Crippen molar-refractivity contribution in [1.82, 2.24) is 35.2 Å². The molecule has 150 valence electrons. The maximum Gasteiger partial charge on any atom is 0.276 e. The number of hydrogen-bond donors (Lipinski definition) is 4. The largest absolute Gasteiger partial charge is 0.394 e. The molecule has 1 aromatic carbocycles. The van der Waals surface area contributed by atoms with Crippen LogP contribution in [0.1, 0.15) is 22.2 Å². The summed E-state index contributed by atoms with van der Waals surface area (Å²) in [6.07, 6.45) is 6.71. The Labute approximate surface area is 173 Å². The number of aromatic amines is 2. The summed E-state index contributed by atoms with van der Waals surface area (Å²) in [4.78, 5) is 17.0. The average molecular weight is 420 g/mol. The number of aromatic nitrogens is 7. The van der Waals surface area contributed by atoms with Crippen molar-refractivity contribution in [2.24, 2.45) is 0 Å². The van der Waals surface area contributed by atoms with E-state index in [1.54, 1.807) is 28.8 Å². The molecule has 0 fully saturated rings. The molecule has 0 aliphatic rings. The highest BCUT2D eigenvalue weighted by Crippen LogP contribution is 2.25. The van der Waals surface area contributed by atoms with Crippen LogP contribution in [0.3, 0.4) is 0 Å². The second-order valence-corrected chi connectivity index (χ2v) is 7.31. The number of carbonyl (C=O) groups excluding carboxylic acids is 1. The number of benzene rings is 1. The van der Waals surface area contributed by atoms with Gasteiger partial charge >= 0.3 is 0 Å². The van der Waals surface area contributed by atoms with Crippen LogP contribution in [0.4, 0.5) is 5.69 Å². The van der Waals surface area contributed by atoms with Crippen LogP contribution in [0.15, 0.2) is 53.9 Å². The van der Waals surface area contributed by atoms with Gasteiger partial charge in [0, 0.05) is 28.7 Å². The first-order chi connectivity index (χ1) is 14.7. The van der Waals surface area contributed by atoms with E-state index in [0.717, 1.165) is 22.3 Å². The smallest absolute Gasteiger partial charge is 0.276 e. The minimum Gasteiger partial charge on any atom is -0.394 e. The summed E-state index contributed by atoms with van der Waals surface area (Å²) in [5.74, 6) is -0.355. The molecular formula is C19H16N8O2S. The molecule has 0 unspecified atom stereocenters. The molecule has 4 heterocycles. The van der Waals surface area contributed by atoms with Crippen LogP contribution in [0.25, 0.3) is 22.0 Å². The van der Waals surface area contributed by atoms with Crippen molar-refractivity contribution in [3.8, 4) is 11.1 Å². The molecule has 0 bridgehead atoms. The second kappa shape index (κ2) is 7.54. The standard InChI is InChI=1S/C19H16N8O2S/c28-8-17(16-9-30-10-20-16)27-7-13(6-23-27)24-19(29)18-14-2-1-11(3-15(14)25-26-18)12-4-21-22-5-12/h1-7,9-10,17,28H,8H2,(H,21,22)(H,24,29)(H,25,26)/t17-/m0/s1. The van der Waals surface area contributed by atoms with Crippen LogP contribution in [-0.4, -0.2) is 52.8 Å². The molecule has 30 heavy (non-hydrogen) atoms. The Bertz CT molecular complexity index is 1290. The highest BCUT2D eigenvalue weighted by atomic mass is 32.1. The fraction of sp³-hybridized carbons (Fsp3) is 0.105. The third-order valence-corrected chi connectivity index (χ3v) is 5.36. The fourth-order valence-corrected chi connectivity index (χ4v) is 3.84. The van der Waals surface area contributed by atoms with Crippen molar-refractivity contribution >= 4 is 33.8 Å². The minimum absolute atomic E-state index is 0.151. The Morgan fingerprint density at radius 3 is 3.00 bits per heavy atom. The van der Waals surface area contributed by atoms with Gasteiger partial charge in [0.15, 0.2) is 5.69 Å². The van der Waals surface area contributed by atoms with E-state index in [-0.39, 0.29) is 18.2 Å². The zero-order chi connectivity index (χ0) is 20.5. The second-order valence-electron chi connectivity index (χ2n) is 6.59. The molecule has 4 N–H and O–H groups in total. The van der Waals surface area contributed by atoms with Gasteiger partial charge < -0.3 is 10.4 Å². The topological polar surface area (TPSA) is 137 Å². The van der Waals surface area contributed by atoms with E-state index in [4.69, 9.17) is 0 Å². The van der Waals surface area contributed by atoms with Crippen LogP contribution in [-0.2, 0) is 0 Å². The number of carbonyl (C=O) groups is 1. The number of anilines is 1. The number of nitrogens with one attached hydrogen (secondary N) is 3. The van der Waals surface area contributed by atoms with Crippen LogP contribution >= 0.6 is 11.3 Å². The van der Waals surface area contributed by atoms with Crippen LogP contribution in [0, 0.1) is 0 Å². The zero-order valence-electron chi connectivity index (χ0n) is 15.5. The summed E-state index contributed by atoms with van der Waals surface area (Å²) in [7, 11) is 0. The van der Waals surface area contributed by atoms with Crippen molar-refractivity contribution in [2.45, 2.75) is 6.04 Å². The maximum atomic E-state index is 12.8. The zero-order valence-corrected chi connectivity index (χ0v) is 16.3. The Balaban J connectivity index is 1.37. The first-order valence-corrected chi connectivity index (χ1v) is 9.99. The Morgan fingerprint density at radius 2 is 2.23 bits per heavy atom. The number of thiazole rings is 1. The van der Waals surface area contributed by atoms with Gasteiger partial charge in [-0.3, -0.25) is 19.7 Å². The molecule has 1 amide bonds. The monoisotopic (exact) mass is 420 g/mol. The molecule has 10 nitrogen and oxygen atoms in total. The summed E-state index contributed by atoms with van der Waals surface area (Å²) >= 11 is 1.44. The van der Waals surface area contributed by atoms with Crippen molar-refractivity contribution in [3.05, 3.63) is 65.3 Å². The van der Waals surface area contributed by atoms with E-state index >= 15 is 0 Å². The van der Waals surface area contributed by atoms with E-state index in [1.807, 2.05) is 23.6 Å². The number of amides is 1. The number of aliphatic hydroxyl groups excluding tert-OH is 1. The van der Waals surface area contributed by atoms with Gasteiger partial charge in [-0.05, 0) is 17.7 Å². The SMILES string of the molecule is O=C(Nc1cnn([C@@H](CO)c2cscn2)c1)c1n[nH]c2cc(-c3cn[nH]c3)ccc12. The number of aliphatic hydroxyl groups is 1. The van der Waals surface area contributed by atoms with Crippen LogP contribution < -0.4 is 5.32 Å². The number of fused-ring (bicyclic) bond motifs is 1. The molecule has 5 aromatic rings. The lowest BCUT2D eigenvalue weighted by Gasteiger charge is -2.11. The Kier molecular flexibility index (Phi) is 4.58. The third-order valence-electron chi connectivity index (χ3n) is 4.75. The van der Waals surface area contributed by atoms with E-state index < -0.39 is 6.04 Å². The van der Waals surface area contributed by atoms with Crippen molar-refractivity contribution in [3.63, 3.8) is 0 Å². The van der Waals surface area contributed by atoms with Crippen molar-refractivity contribution < 1.29 is 9.90 Å². The molecule has 0 aliphatic heterocycles. The number of rotatable bonds is 6. The van der Waals surface area contributed by atoms with Gasteiger partial charge in [-0.25, -0.2) is 4.98 Å². The fourth-order valence-electron chi connectivity index (χ4n) is 3.24. The lowest BCUT2D eigenvalue weighted by Crippen LogP contribution is -2.16. The summed E-state index contributed by atoms with van der Waals surface area (Å²) < 4.78 is 1.57. The first kappa shape index (κ1) is 18.2. The third kappa shape index (κ3) is 3.25. The number of H-pyrrole nitrogens is 2. The van der Waals surface area contributed by atoms with E-state index in [2.05, 4.69) is 35.8 Å². The molecule has 4 aromatic heterocycles. The molecule has 5 rings (SSSR count). The van der Waals surface area contributed by atoms with Crippen molar-refractivity contribution in [1.29, 1.82) is 0 Å². The summed E-state index contributed by atoms with van der Waals surface area (Å²) in [6, 6.07) is 5.28. The van der Waals surface area contributed by atoms with Crippen LogP contribution in [0.2, 0.25) is 0 Å². The molecule has 0 saturated carbocycles. The highest BCUT2D eigenvalue weighted by Gasteiger charge is 2.19. The number of nitrogens with zero attached hydrogens (tertiary/aromatic N) is 5. The average Bonchev–Trinajstić information content (AvgIpc) is 3.55. The lowest BCUT2D eigenvalue weighted by molar-refractivity contribution is 0.102. The van der Waals surface area contributed by atoms with Gasteiger partial charge in [0.25, 0.3) is 5.91 Å². The predicted molar refractivity (Wildman–Crippen MR) is 111 cm³/mol. The highest BCUT2D eigenvalue weighted by molar-refractivity contribution is 7.07. The van der Waals surface area contributed by atoms with Crippen LogP contribution in [0.5, 0.6) is 0 Å². The molecule has 1 atom stereocenters. The van der Waals surface area contributed by atoms with Gasteiger partial charge in [0.1, 0.15) is 6.04 Å². The molecule has 0 saturated heterocycles. The number of hydrogen-bond acceptors (Lipinski definition) is 7. The molecule has 0 spiro atoms. The van der Waals surface area contributed by atoms with E-state index in [0.29, 0.717) is 11.1 Å². The minimum atomic E-state index is -0.408. The van der Waals surface area contributed by atoms with Gasteiger partial charge in [0.05, 0.1) is 41.4 Å². The van der Waals surface area contributed by atoms with E-state index in [1.165, 1.54) is 17.5 Å². The Hall–Kier alpha value is -3.83. The molecule has 0 radical (unpaired) electrons. The summed E-state index contributed by atoms with van der Waals surface area (Å²) in [5, 5.41) is 33.1. The van der Waals surface area contributed by atoms with Gasteiger partial charge in [-0.2, -0.15) is 15.3 Å². The molecule has 0 aliphatic carbocycles. The Morgan fingerprint density at radius 1 is 1.30 bits per heavy atom. The summed E-state index contributed by atoms with van der Waals surface area (Å²) in [5.41, 5.74) is 5.86. The molecule has 11 heteroatoms. The van der Waals surface area contributed by atoms with Gasteiger partial charge in [-0.1, -0.05) is 6.07 Å². The van der Waals surface area contributed by atoms with Gasteiger partial charge in [-0.15, -0.1) is 11.3 Å². The normalized spacial score (nSPS) is 12.3. The lowest BCUT2D eigenvalue weighted by atomic mass is 10.1. The summed E-state index contributed by atoms with van der Waals surface area (Å²) in [6.45, 7) is -0.151. The predicted octanol–water partition coefficient (Wildman–Crippen LogP) is 2.44. The van der Waals surface area contributed by atoms with Crippen molar-refractivity contribution in [2.75, 3.05) is 11.9 Å². The van der Waals surface area contributed by atoms with E-state index in [9.17, 15) is 9.90 Å². The molecular weight excluding hydrogens is 404 g/mol. The first-order valence-electron chi connectivity index (χ1n) is 9.04.